The maximum atomic E-state index is 11.5. The summed E-state index contributed by atoms with van der Waals surface area (Å²) in [5, 5.41) is 6.41. The van der Waals surface area contributed by atoms with Gasteiger partial charge in [-0.15, -0.1) is 0 Å². The molecule has 0 aliphatic rings. The van der Waals surface area contributed by atoms with E-state index in [0.29, 0.717) is 19.0 Å². The van der Waals surface area contributed by atoms with Crippen molar-refractivity contribution in [1.29, 1.82) is 0 Å². The van der Waals surface area contributed by atoms with E-state index in [1.165, 1.54) is 7.05 Å². The molecule has 2 aromatic rings. The zero-order valence-electron chi connectivity index (χ0n) is 14.4. The average molecular weight is 361 g/mol. The van der Waals surface area contributed by atoms with Crippen LogP contribution in [-0.2, 0) is 28.9 Å². The zero-order chi connectivity index (χ0) is 18.1. The summed E-state index contributed by atoms with van der Waals surface area (Å²) in [4.78, 5) is 8.42. The lowest BCUT2D eigenvalue weighted by atomic mass is 10.1. The molecule has 0 fully saturated rings. The Morgan fingerprint density at radius 3 is 2.32 bits per heavy atom. The van der Waals surface area contributed by atoms with Crippen LogP contribution in [0.25, 0.3) is 0 Å². The van der Waals surface area contributed by atoms with Gasteiger partial charge < -0.3 is 10.6 Å². The van der Waals surface area contributed by atoms with Crippen LogP contribution in [0.1, 0.15) is 16.8 Å². The molecule has 3 N–H and O–H groups in total. The van der Waals surface area contributed by atoms with Crippen LogP contribution < -0.4 is 15.4 Å². The molecule has 0 saturated carbocycles. The average Bonchev–Trinajstić information content (AvgIpc) is 2.64. The van der Waals surface area contributed by atoms with Crippen LogP contribution in [0, 0.1) is 0 Å². The predicted molar refractivity (Wildman–Crippen MR) is 99.4 cm³/mol. The van der Waals surface area contributed by atoms with Crippen molar-refractivity contribution in [3.05, 3.63) is 65.5 Å². The molecule has 0 amide bonds. The maximum absolute atomic E-state index is 11.5. The SMILES string of the molecule is CN=C(NCc1ccc(CS(=O)(=O)NC)cc1)NCc1ccccn1. The van der Waals surface area contributed by atoms with Crippen LogP contribution in [0.2, 0.25) is 0 Å². The Hall–Kier alpha value is -2.45. The molecule has 0 saturated heterocycles. The summed E-state index contributed by atoms with van der Waals surface area (Å²) < 4.78 is 25.4. The number of aromatic nitrogens is 1. The summed E-state index contributed by atoms with van der Waals surface area (Å²) in [6.45, 7) is 1.17. The fourth-order valence-electron chi connectivity index (χ4n) is 2.13. The highest BCUT2D eigenvalue weighted by Crippen LogP contribution is 2.07. The van der Waals surface area contributed by atoms with Gasteiger partial charge in [0.1, 0.15) is 0 Å². The molecule has 0 aliphatic carbocycles. The highest BCUT2D eigenvalue weighted by molar-refractivity contribution is 7.88. The molecule has 0 bridgehead atoms. The Morgan fingerprint density at radius 2 is 1.72 bits per heavy atom. The third kappa shape index (κ3) is 6.52. The first-order valence-corrected chi connectivity index (χ1v) is 9.51. The van der Waals surface area contributed by atoms with E-state index < -0.39 is 10.0 Å². The quantitative estimate of drug-likeness (QED) is 0.505. The number of nitrogens with zero attached hydrogens (tertiary/aromatic N) is 2. The van der Waals surface area contributed by atoms with Gasteiger partial charge in [0.2, 0.25) is 10.0 Å². The van der Waals surface area contributed by atoms with Gasteiger partial charge in [-0.1, -0.05) is 30.3 Å². The second kappa shape index (κ2) is 9.14. The zero-order valence-corrected chi connectivity index (χ0v) is 15.2. The number of hydrogen-bond acceptors (Lipinski definition) is 4. The summed E-state index contributed by atoms with van der Waals surface area (Å²) in [5.41, 5.74) is 2.71. The Bertz CT molecular complexity index is 790. The standard InChI is InChI=1S/C17H23N5O2S/c1-18-17(22-12-16-5-3-4-10-20-16)21-11-14-6-8-15(9-7-14)13-25(23,24)19-2/h3-10,19H,11-13H2,1-2H3,(H2,18,21,22). The smallest absolute Gasteiger partial charge is 0.215 e. The Balaban J connectivity index is 1.85. The molecule has 1 aromatic carbocycles. The molecule has 0 atom stereocenters. The second-order valence-corrected chi connectivity index (χ2v) is 7.31. The first-order valence-electron chi connectivity index (χ1n) is 7.86. The fourth-order valence-corrected chi connectivity index (χ4v) is 2.90. The van der Waals surface area contributed by atoms with Gasteiger partial charge in [0, 0.05) is 19.8 Å². The number of pyridine rings is 1. The van der Waals surface area contributed by atoms with Crippen molar-refractivity contribution in [3.8, 4) is 0 Å². The Labute approximate surface area is 148 Å². The molecule has 1 heterocycles. The third-order valence-corrected chi connectivity index (χ3v) is 4.87. The van der Waals surface area contributed by atoms with Crippen LogP contribution in [0.4, 0.5) is 0 Å². The number of sulfonamides is 1. The molecule has 134 valence electrons. The molecule has 0 radical (unpaired) electrons. The van der Waals surface area contributed by atoms with Gasteiger partial charge in [-0.25, -0.2) is 13.1 Å². The van der Waals surface area contributed by atoms with Crippen LogP contribution >= 0.6 is 0 Å². The van der Waals surface area contributed by atoms with Crippen molar-refractivity contribution in [2.45, 2.75) is 18.8 Å². The topological polar surface area (TPSA) is 95.5 Å². The Morgan fingerprint density at radius 1 is 1.04 bits per heavy atom. The second-order valence-electron chi connectivity index (χ2n) is 5.38. The lowest BCUT2D eigenvalue weighted by Crippen LogP contribution is -2.36. The van der Waals surface area contributed by atoms with Crippen molar-refractivity contribution >= 4 is 16.0 Å². The molecule has 7 nitrogen and oxygen atoms in total. The van der Waals surface area contributed by atoms with Crippen molar-refractivity contribution in [2.24, 2.45) is 4.99 Å². The van der Waals surface area contributed by atoms with E-state index in [2.05, 4.69) is 25.3 Å². The minimum absolute atomic E-state index is 0.0233. The number of guanidine groups is 1. The Kier molecular flexibility index (Phi) is 6.91. The number of rotatable bonds is 7. The largest absolute Gasteiger partial charge is 0.352 e. The molecule has 0 unspecified atom stereocenters. The van der Waals surface area contributed by atoms with Crippen LogP contribution in [0.15, 0.2) is 53.7 Å². The van der Waals surface area contributed by atoms with Crippen LogP contribution in [0.5, 0.6) is 0 Å². The van der Waals surface area contributed by atoms with Gasteiger partial charge in [-0.05, 0) is 30.3 Å². The first kappa shape index (κ1) is 18.9. The summed E-state index contributed by atoms with van der Waals surface area (Å²) >= 11 is 0. The van der Waals surface area contributed by atoms with E-state index in [1.54, 1.807) is 13.2 Å². The van der Waals surface area contributed by atoms with E-state index in [1.807, 2.05) is 42.5 Å². The van der Waals surface area contributed by atoms with Gasteiger partial charge in [0.15, 0.2) is 5.96 Å². The minimum atomic E-state index is -3.25. The van der Waals surface area contributed by atoms with E-state index in [9.17, 15) is 8.42 Å². The number of benzene rings is 1. The number of aliphatic imine (C=N–C) groups is 1. The van der Waals surface area contributed by atoms with Crippen molar-refractivity contribution in [2.75, 3.05) is 14.1 Å². The molecule has 8 heteroatoms. The summed E-state index contributed by atoms with van der Waals surface area (Å²) in [6, 6.07) is 13.2. The predicted octanol–water partition coefficient (Wildman–Crippen LogP) is 0.996. The van der Waals surface area contributed by atoms with E-state index in [-0.39, 0.29) is 5.75 Å². The number of nitrogens with one attached hydrogen (secondary N) is 3. The molecule has 0 aliphatic heterocycles. The maximum Gasteiger partial charge on any atom is 0.215 e. The summed E-state index contributed by atoms with van der Waals surface area (Å²) in [7, 11) is -0.128. The molecule has 2 rings (SSSR count). The third-order valence-electron chi connectivity index (χ3n) is 3.54. The minimum Gasteiger partial charge on any atom is -0.352 e. The van der Waals surface area contributed by atoms with E-state index in [4.69, 9.17) is 0 Å². The normalized spacial score (nSPS) is 12.0. The van der Waals surface area contributed by atoms with Gasteiger partial charge in [0.05, 0.1) is 18.0 Å². The van der Waals surface area contributed by atoms with E-state index in [0.717, 1.165) is 16.8 Å². The van der Waals surface area contributed by atoms with Gasteiger partial charge in [-0.2, -0.15) is 0 Å². The fraction of sp³-hybridized carbons (Fsp3) is 0.294. The van der Waals surface area contributed by atoms with Gasteiger partial charge in [-0.3, -0.25) is 9.98 Å². The number of hydrogen-bond donors (Lipinski definition) is 3. The highest BCUT2D eigenvalue weighted by Gasteiger charge is 2.08. The van der Waals surface area contributed by atoms with Crippen molar-refractivity contribution in [1.82, 2.24) is 20.3 Å². The molecule has 25 heavy (non-hydrogen) atoms. The molecular formula is C17H23N5O2S. The molecule has 1 aromatic heterocycles. The van der Waals surface area contributed by atoms with Crippen molar-refractivity contribution in [3.63, 3.8) is 0 Å². The first-order chi connectivity index (χ1) is 12.0. The van der Waals surface area contributed by atoms with Gasteiger partial charge in [0.25, 0.3) is 0 Å². The molecule has 0 spiro atoms. The lowest BCUT2D eigenvalue weighted by molar-refractivity contribution is 0.587. The summed E-state index contributed by atoms with van der Waals surface area (Å²) in [5.74, 6) is 0.650. The summed E-state index contributed by atoms with van der Waals surface area (Å²) in [6.07, 6.45) is 1.75. The molecular weight excluding hydrogens is 338 g/mol. The van der Waals surface area contributed by atoms with E-state index >= 15 is 0 Å². The highest BCUT2D eigenvalue weighted by atomic mass is 32.2. The van der Waals surface area contributed by atoms with Gasteiger partial charge >= 0.3 is 0 Å². The van der Waals surface area contributed by atoms with Crippen LogP contribution in [0.3, 0.4) is 0 Å². The lowest BCUT2D eigenvalue weighted by Gasteiger charge is -2.12. The monoisotopic (exact) mass is 361 g/mol. The van der Waals surface area contributed by atoms with Crippen molar-refractivity contribution < 1.29 is 8.42 Å². The van der Waals surface area contributed by atoms with Crippen LogP contribution in [-0.4, -0.2) is 33.5 Å².